The standard InChI is InChI=1S/C18H9F12NO2/c19-14(17(26,27)28)18(29,30)33-12-3-1-8(2-4-12)13(32)31-11-6-9(15(20,21)22)5-10(7-11)16(23,24)25/h1-7,14H,(H,31,32). The lowest BCUT2D eigenvalue weighted by molar-refractivity contribution is -0.305. The Morgan fingerprint density at radius 2 is 1.21 bits per heavy atom. The van der Waals surface area contributed by atoms with Gasteiger partial charge in [-0.3, -0.25) is 4.79 Å². The largest absolute Gasteiger partial charge is 0.439 e. The fraction of sp³-hybridized carbons (Fsp3) is 0.278. The van der Waals surface area contributed by atoms with Crippen LogP contribution in [0.3, 0.4) is 0 Å². The highest BCUT2D eigenvalue weighted by Crippen LogP contribution is 2.38. The molecule has 182 valence electrons. The zero-order chi connectivity index (χ0) is 25.4. The molecule has 0 fully saturated rings. The van der Waals surface area contributed by atoms with Gasteiger partial charge in [0.05, 0.1) is 11.1 Å². The van der Waals surface area contributed by atoms with Gasteiger partial charge in [-0.15, -0.1) is 0 Å². The van der Waals surface area contributed by atoms with Crippen LogP contribution in [-0.4, -0.2) is 24.4 Å². The number of carbonyl (C=O) groups excluding carboxylic acids is 1. The maximum absolute atomic E-state index is 13.2. The smallest absolute Gasteiger partial charge is 0.430 e. The molecule has 2 aromatic rings. The predicted octanol–water partition coefficient (Wildman–Crippen LogP) is 6.85. The van der Waals surface area contributed by atoms with Crippen molar-refractivity contribution in [1.29, 1.82) is 0 Å². The Balaban J connectivity index is 2.23. The highest BCUT2D eigenvalue weighted by Gasteiger charge is 2.59. The van der Waals surface area contributed by atoms with Crippen molar-refractivity contribution in [2.45, 2.75) is 30.8 Å². The van der Waals surface area contributed by atoms with Crippen LogP contribution in [0, 0.1) is 0 Å². The van der Waals surface area contributed by atoms with E-state index in [1.54, 1.807) is 5.32 Å². The van der Waals surface area contributed by atoms with Crippen LogP contribution >= 0.6 is 0 Å². The van der Waals surface area contributed by atoms with Gasteiger partial charge in [-0.05, 0) is 42.5 Å². The number of amides is 1. The minimum Gasteiger partial charge on any atom is -0.430 e. The second-order valence-corrected chi connectivity index (χ2v) is 6.34. The zero-order valence-corrected chi connectivity index (χ0v) is 15.5. The van der Waals surface area contributed by atoms with Gasteiger partial charge in [0.25, 0.3) is 12.1 Å². The van der Waals surface area contributed by atoms with Crippen molar-refractivity contribution >= 4 is 11.6 Å². The molecule has 0 aliphatic carbocycles. The molecule has 0 heterocycles. The summed E-state index contributed by atoms with van der Waals surface area (Å²) in [7, 11) is 0. The zero-order valence-electron chi connectivity index (χ0n) is 15.5. The number of ether oxygens (including phenoxy) is 1. The minimum absolute atomic E-state index is 0.180. The van der Waals surface area contributed by atoms with Gasteiger partial charge in [0.1, 0.15) is 5.75 Å². The number of anilines is 1. The fourth-order valence-electron chi connectivity index (χ4n) is 2.30. The van der Waals surface area contributed by atoms with Crippen molar-refractivity contribution in [2.75, 3.05) is 5.32 Å². The van der Waals surface area contributed by atoms with Gasteiger partial charge in [-0.2, -0.15) is 48.3 Å². The summed E-state index contributed by atoms with van der Waals surface area (Å²) in [6, 6.07) is 2.58. The molecule has 0 spiro atoms. The van der Waals surface area contributed by atoms with Crippen LogP contribution in [0.2, 0.25) is 0 Å². The van der Waals surface area contributed by atoms with E-state index in [9.17, 15) is 57.5 Å². The average Bonchev–Trinajstić information content (AvgIpc) is 2.65. The minimum atomic E-state index is -5.94. The first-order chi connectivity index (χ1) is 14.8. The Hall–Kier alpha value is -3.13. The molecule has 3 nitrogen and oxygen atoms in total. The Kier molecular flexibility index (Phi) is 6.86. The Morgan fingerprint density at radius 1 is 0.758 bits per heavy atom. The highest BCUT2D eigenvalue weighted by molar-refractivity contribution is 6.04. The van der Waals surface area contributed by atoms with E-state index in [0.29, 0.717) is 24.3 Å². The van der Waals surface area contributed by atoms with E-state index in [2.05, 4.69) is 4.74 Å². The van der Waals surface area contributed by atoms with Crippen molar-refractivity contribution in [3.63, 3.8) is 0 Å². The summed E-state index contributed by atoms with van der Waals surface area (Å²) in [4.78, 5) is 12.1. The van der Waals surface area contributed by atoms with Gasteiger partial charge in [-0.1, -0.05) is 0 Å². The Morgan fingerprint density at radius 3 is 1.61 bits per heavy atom. The molecule has 0 bridgehead atoms. The molecule has 0 saturated heterocycles. The molecule has 1 amide bonds. The molecule has 0 aromatic heterocycles. The summed E-state index contributed by atoms with van der Waals surface area (Å²) in [5.74, 6) is -2.30. The molecule has 0 radical (unpaired) electrons. The number of halogens is 12. The Labute approximate surface area is 175 Å². The molecule has 1 atom stereocenters. The third-order valence-electron chi connectivity index (χ3n) is 3.80. The molecule has 33 heavy (non-hydrogen) atoms. The number of nitrogens with one attached hydrogen (secondary N) is 1. The molecule has 2 aromatic carbocycles. The number of hydrogen-bond donors (Lipinski definition) is 1. The summed E-state index contributed by atoms with van der Waals surface area (Å²) in [6.45, 7) is 0. The van der Waals surface area contributed by atoms with Crippen LogP contribution in [-0.2, 0) is 12.4 Å². The van der Waals surface area contributed by atoms with Crippen molar-refractivity contribution < 1.29 is 62.2 Å². The summed E-state index contributed by atoms with van der Waals surface area (Å²) < 4.78 is 156. The van der Waals surface area contributed by atoms with E-state index < -0.39 is 64.8 Å². The van der Waals surface area contributed by atoms with Crippen molar-refractivity contribution in [3.05, 3.63) is 59.2 Å². The summed E-state index contributed by atoms with van der Waals surface area (Å²) >= 11 is 0. The first-order valence-electron chi connectivity index (χ1n) is 8.29. The number of hydrogen-bond acceptors (Lipinski definition) is 2. The summed E-state index contributed by atoms with van der Waals surface area (Å²) in [5, 5.41) is 1.75. The molecule has 1 unspecified atom stereocenters. The SMILES string of the molecule is O=C(Nc1cc(C(F)(F)F)cc(C(F)(F)F)c1)c1ccc(OC(F)(F)C(F)C(F)(F)F)cc1. The lowest BCUT2D eigenvalue weighted by Gasteiger charge is -2.23. The van der Waals surface area contributed by atoms with Gasteiger partial charge >= 0.3 is 24.6 Å². The number of rotatable bonds is 5. The van der Waals surface area contributed by atoms with E-state index in [1.807, 2.05) is 0 Å². The van der Waals surface area contributed by atoms with E-state index >= 15 is 0 Å². The van der Waals surface area contributed by atoms with Gasteiger partial charge in [0.2, 0.25) is 0 Å². The van der Waals surface area contributed by atoms with Crippen LogP contribution in [0.5, 0.6) is 5.75 Å². The second kappa shape index (κ2) is 8.67. The Bertz CT molecular complexity index is 961. The van der Waals surface area contributed by atoms with Crippen LogP contribution in [0.15, 0.2) is 42.5 Å². The lowest BCUT2D eigenvalue weighted by Crippen LogP contribution is -2.45. The molecule has 1 N–H and O–H groups in total. The van der Waals surface area contributed by atoms with Crippen molar-refractivity contribution in [2.24, 2.45) is 0 Å². The monoisotopic (exact) mass is 499 g/mol. The average molecular weight is 499 g/mol. The number of carbonyl (C=O) groups is 1. The number of benzene rings is 2. The summed E-state index contributed by atoms with van der Waals surface area (Å²) in [5.41, 5.74) is -4.85. The maximum atomic E-state index is 13.2. The maximum Gasteiger partial charge on any atom is 0.439 e. The highest BCUT2D eigenvalue weighted by atomic mass is 19.4. The molecule has 0 aliphatic heterocycles. The molecule has 0 saturated carbocycles. The summed E-state index contributed by atoms with van der Waals surface area (Å²) in [6.07, 6.45) is -26.3. The van der Waals surface area contributed by atoms with Gasteiger partial charge in [-0.25, -0.2) is 4.39 Å². The van der Waals surface area contributed by atoms with E-state index in [4.69, 9.17) is 0 Å². The number of alkyl halides is 12. The van der Waals surface area contributed by atoms with E-state index in [-0.39, 0.29) is 18.2 Å². The van der Waals surface area contributed by atoms with Crippen LogP contribution in [0.1, 0.15) is 21.5 Å². The second-order valence-electron chi connectivity index (χ2n) is 6.34. The third-order valence-corrected chi connectivity index (χ3v) is 3.80. The van der Waals surface area contributed by atoms with E-state index in [1.165, 1.54) is 0 Å². The normalized spacial score (nSPS) is 14.1. The van der Waals surface area contributed by atoms with Crippen LogP contribution in [0.4, 0.5) is 58.4 Å². The molecule has 2 rings (SSSR count). The lowest BCUT2D eigenvalue weighted by atomic mass is 10.1. The quantitative estimate of drug-likeness (QED) is 0.458. The molecule has 15 heteroatoms. The third kappa shape index (κ3) is 6.68. The topological polar surface area (TPSA) is 38.3 Å². The first-order valence-corrected chi connectivity index (χ1v) is 8.29. The molecular formula is C18H9F12NO2. The van der Waals surface area contributed by atoms with Crippen molar-refractivity contribution in [3.8, 4) is 5.75 Å². The first kappa shape index (κ1) is 26.1. The van der Waals surface area contributed by atoms with Crippen LogP contribution < -0.4 is 10.1 Å². The fourth-order valence-corrected chi connectivity index (χ4v) is 2.30. The predicted molar refractivity (Wildman–Crippen MR) is 87.4 cm³/mol. The van der Waals surface area contributed by atoms with Crippen molar-refractivity contribution in [1.82, 2.24) is 0 Å². The van der Waals surface area contributed by atoms with Gasteiger partial charge in [0, 0.05) is 11.3 Å². The van der Waals surface area contributed by atoms with Gasteiger partial charge < -0.3 is 10.1 Å². The van der Waals surface area contributed by atoms with Crippen LogP contribution in [0.25, 0.3) is 0 Å². The molecule has 0 aliphatic rings. The molecular weight excluding hydrogens is 490 g/mol. The van der Waals surface area contributed by atoms with Gasteiger partial charge in [0.15, 0.2) is 0 Å². The van der Waals surface area contributed by atoms with E-state index in [0.717, 1.165) is 0 Å².